The van der Waals surface area contributed by atoms with Gasteiger partial charge in [-0.15, -0.1) is 0 Å². The average Bonchev–Trinajstić information content (AvgIpc) is 2.31. The molecule has 0 aliphatic heterocycles. The van der Waals surface area contributed by atoms with E-state index in [1.807, 2.05) is 0 Å². The van der Waals surface area contributed by atoms with Crippen molar-refractivity contribution in [3.8, 4) is 0 Å². The summed E-state index contributed by atoms with van der Waals surface area (Å²) < 4.78 is 4.53. The number of halogens is 1. The van der Waals surface area contributed by atoms with Crippen molar-refractivity contribution in [3.05, 3.63) is 38.9 Å². The van der Waals surface area contributed by atoms with E-state index in [-0.39, 0.29) is 29.3 Å². The van der Waals surface area contributed by atoms with Crippen LogP contribution in [0.2, 0.25) is 5.02 Å². The summed E-state index contributed by atoms with van der Waals surface area (Å²) in [5, 5.41) is 10.5. The first kappa shape index (κ1) is 14.1. The summed E-state index contributed by atoms with van der Waals surface area (Å²) >= 11 is 5.78. The highest BCUT2D eigenvalue weighted by Crippen LogP contribution is 2.28. The van der Waals surface area contributed by atoms with Crippen LogP contribution in [0.5, 0.6) is 0 Å². The van der Waals surface area contributed by atoms with Crippen molar-refractivity contribution in [2.75, 3.05) is 6.61 Å². The number of rotatable bonds is 5. The quantitative estimate of drug-likeness (QED) is 0.353. The Morgan fingerprint density at radius 2 is 2.11 bits per heavy atom. The van der Waals surface area contributed by atoms with Crippen LogP contribution in [0.15, 0.2) is 18.2 Å². The van der Waals surface area contributed by atoms with E-state index in [0.717, 1.165) is 0 Å². The van der Waals surface area contributed by atoms with Crippen LogP contribution in [-0.4, -0.2) is 23.3 Å². The van der Waals surface area contributed by atoms with E-state index in [2.05, 4.69) is 4.74 Å². The van der Waals surface area contributed by atoms with Crippen molar-refractivity contribution in [2.24, 2.45) is 0 Å². The molecule has 0 radical (unpaired) electrons. The van der Waals surface area contributed by atoms with Gasteiger partial charge in [0, 0.05) is 12.5 Å². The molecular formula is C11H10ClNO5. The number of carbonyl (C=O) groups is 2. The van der Waals surface area contributed by atoms with Gasteiger partial charge < -0.3 is 4.74 Å². The number of benzene rings is 1. The predicted molar refractivity (Wildman–Crippen MR) is 63.5 cm³/mol. The van der Waals surface area contributed by atoms with E-state index in [4.69, 9.17) is 11.6 Å². The first-order chi connectivity index (χ1) is 8.47. The number of hydrogen-bond acceptors (Lipinski definition) is 5. The van der Waals surface area contributed by atoms with E-state index in [1.165, 1.54) is 18.2 Å². The van der Waals surface area contributed by atoms with Crippen LogP contribution < -0.4 is 0 Å². The molecule has 0 fully saturated rings. The van der Waals surface area contributed by atoms with Gasteiger partial charge in [-0.05, 0) is 12.5 Å². The van der Waals surface area contributed by atoms with Crippen molar-refractivity contribution in [2.45, 2.75) is 13.3 Å². The lowest BCUT2D eigenvalue weighted by Crippen LogP contribution is -2.19. The Bertz CT molecular complexity index is 500. The second-order valence-corrected chi connectivity index (χ2v) is 3.71. The Hall–Kier alpha value is -1.95. The summed E-state index contributed by atoms with van der Waals surface area (Å²) in [5.74, 6) is -1.76. The van der Waals surface area contributed by atoms with Crippen molar-refractivity contribution in [1.82, 2.24) is 0 Å². The van der Waals surface area contributed by atoms with Crippen molar-refractivity contribution < 1.29 is 19.2 Å². The Labute approximate surface area is 108 Å². The summed E-state index contributed by atoms with van der Waals surface area (Å²) in [4.78, 5) is 32.6. The average molecular weight is 272 g/mol. The Morgan fingerprint density at radius 3 is 2.67 bits per heavy atom. The maximum Gasteiger partial charge on any atom is 0.374 e. The van der Waals surface area contributed by atoms with Crippen LogP contribution >= 0.6 is 11.6 Å². The molecule has 0 saturated carbocycles. The highest BCUT2D eigenvalue weighted by molar-refractivity contribution is 6.36. The van der Waals surface area contributed by atoms with Gasteiger partial charge >= 0.3 is 5.97 Å². The Balaban J connectivity index is 2.92. The molecule has 0 aromatic heterocycles. The molecule has 0 N–H and O–H groups in total. The molecule has 1 aromatic carbocycles. The van der Waals surface area contributed by atoms with Crippen LogP contribution in [0, 0.1) is 10.1 Å². The molecule has 1 aromatic rings. The van der Waals surface area contributed by atoms with Crippen molar-refractivity contribution >= 4 is 29.0 Å². The molecule has 0 amide bonds. The normalized spacial score (nSPS) is 9.89. The standard InChI is InChI=1S/C11H10ClNO5/c1-2-18-11(15)9(14)6-7-4-3-5-8(10(7)12)13(16)17/h3-5H,2,6H2,1H3. The van der Waals surface area contributed by atoms with Gasteiger partial charge in [0.15, 0.2) is 0 Å². The largest absolute Gasteiger partial charge is 0.460 e. The van der Waals surface area contributed by atoms with E-state index in [9.17, 15) is 19.7 Å². The van der Waals surface area contributed by atoms with Gasteiger partial charge in [-0.25, -0.2) is 4.79 Å². The maximum absolute atomic E-state index is 11.4. The first-order valence-corrected chi connectivity index (χ1v) is 5.46. The smallest absolute Gasteiger partial charge is 0.374 e. The van der Waals surface area contributed by atoms with Gasteiger partial charge in [0.2, 0.25) is 5.78 Å². The zero-order valence-electron chi connectivity index (χ0n) is 9.51. The second kappa shape index (κ2) is 6.11. The third-order valence-corrected chi connectivity index (χ3v) is 2.55. The molecule has 7 heteroatoms. The van der Waals surface area contributed by atoms with Gasteiger partial charge in [0.1, 0.15) is 5.02 Å². The number of nitrogens with zero attached hydrogens (tertiary/aromatic N) is 1. The Kier molecular flexibility index (Phi) is 4.79. The minimum absolute atomic E-state index is 0.0905. The fourth-order valence-electron chi connectivity index (χ4n) is 1.30. The van der Waals surface area contributed by atoms with Crippen LogP contribution in [0.4, 0.5) is 5.69 Å². The minimum Gasteiger partial charge on any atom is -0.460 e. The molecule has 0 aliphatic rings. The number of nitro groups is 1. The lowest BCUT2D eigenvalue weighted by molar-refractivity contribution is -0.384. The monoisotopic (exact) mass is 271 g/mol. The van der Waals surface area contributed by atoms with Gasteiger partial charge in [-0.1, -0.05) is 23.7 Å². The van der Waals surface area contributed by atoms with Crippen LogP contribution in [0.3, 0.4) is 0 Å². The molecule has 0 saturated heterocycles. The molecule has 0 unspecified atom stereocenters. The highest BCUT2D eigenvalue weighted by atomic mass is 35.5. The first-order valence-electron chi connectivity index (χ1n) is 5.09. The highest BCUT2D eigenvalue weighted by Gasteiger charge is 2.21. The van der Waals surface area contributed by atoms with E-state index in [0.29, 0.717) is 0 Å². The van der Waals surface area contributed by atoms with Crippen molar-refractivity contribution in [1.29, 1.82) is 0 Å². The Morgan fingerprint density at radius 1 is 1.44 bits per heavy atom. The van der Waals surface area contributed by atoms with Crippen LogP contribution in [0.25, 0.3) is 0 Å². The number of ketones is 1. The third-order valence-electron chi connectivity index (χ3n) is 2.11. The molecule has 0 bridgehead atoms. The second-order valence-electron chi connectivity index (χ2n) is 3.33. The fraction of sp³-hybridized carbons (Fsp3) is 0.273. The number of nitro benzene ring substituents is 1. The molecule has 1 rings (SSSR count). The fourth-order valence-corrected chi connectivity index (χ4v) is 1.56. The summed E-state index contributed by atoms with van der Waals surface area (Å²) in [5.41, 5.74) is -0.0743. The lowest BCUT2D eigenvalue weighted by Gasteiger charge is -2.04. The molecule has 0 spiro atoms. The summed E-state index contributed by atoms with van der Waals surface area (Å²) in [6.45, 7) is 1.67. The van der Waals surface area contributed by atoms with Gasteiger partial charge in [-0.2, -0.15) is 0 Å². The van der Waals surface area contributed by atoms with Gasteiger partial charge in [0.25, 0.3) is 5.69 Å². The van der Waals surface area contributed by atoms with Crippen LogP contribution in [-0.2, 0) is 20.7 Å². The summed E-state index contributed by atoms with van der Waals surface area (Å²) in [6, 6.07) is 4.07. The molecule has 96 valence electrons. The third kappa shape index (κ3) is 3.27. The molecule has 18 heavy (non-hydrogen) atoms. The molecular weight excluding hydrogens is 262 g/mol. The number of esters is 1. The molecule has 0 atom stereocenters. The molecule has 6 nitrogen and oxygen atoms in total. The van der Waals surface area contributed by atoms with E-state index >= 15 is 0 Å². The zero-order chi connectivity index (χ0) is 13.7. The minimum atomic E-state index is -0.972. The van der Waals surface area contributed by atoms with Gasteiger partial charge in [0.05, 0.1) is 11.5 Å². The van der Waals surface area contributed by atoms with E-state index in [1.54, 1.807) is 6.92 Å². The van der Waals surface area contributed by atoms with Gasteiger partial charge in [-0.3, -0.25) is 14.9 Å². The maximum atomic E-state index is 11.4. The summed E-state index contributed by atoms with van der Waals surface area (Å²) in [6.07, 6.45) is -0.320. The van der Waals surface area contributed by atoms with Crippen molar-refractivity contribution in [3.63, 3.8) is 0 Å². The lowest BCUT2D eigenvalue weighted by atomic mass is 10.1. The SMILES string of the molecule is CCOC(=O)C(=O)Cc1cccc([N+](=O)[O-])c1Cl. The number of Topliss-reactive ketones (excluding diaryl/α,β-unsaturated/α-hetero) is 1. The van der Waals surface area contributed by atoms with E-state index < -0.39 is 16.7 Å². The van der Waals surface area contributed by atoms with Crippen LogP contribution in [0.1, 0.15) is 12.5 Å². The topological polar surface area (TPSA) is 86.5 Å². The number of carbonyl (C=O) groups excluding carboxylic acids is 2. The zero-order valence-corrected chi connectivity index (χ0v) is 10.3. The number of ether oxygens (including phenoxy) is 1. The molecule has 0 aliphatic carbocycles. The number of hydrogen-bond donors (Lipinski definition) is 0. The molecule has 0 heterocycles. The summed E-state index contributed by atoms with van der Waals surface area (Å²) in [7, 11) is 0. The predicted octanol–water partition coefficient (Wildman–Crippen LogP) is 1.92.